The standard InChI is InChI=1S/C4N6O6/c11-5-1-3(8-15-6-1)14-4-2(10(12)13)7-16-9-4. The summed E-state index contributed by atoms with van der Waals surface area (Å²) in [4.78, 5) is 19.6. The van der Waals surface area contributed by atoms with Gasteiger partial charge in [-0.25, -0.2) is 4.63 Å². The molecule has 12 heteroatoms. The van der Waals surface area contributed by atoms with Crippen LogP contribution in [0.15, 0.2) is 14.4 Å². The van der Waals surface area contributed by atoms with E-state index in [-0.39, 0.29) is 0 Å². The molecule has 0 aliphatic heterocycles. The van der Waals surface area contributed by atoms with E-state index in [1.807, 2.05) is 0 Å². The molecule has 0 aromatic carbocycles. The van der Waals surface area contributed by atoms with E-state index in [0.717, 1.165) is 0 Å². The minimum atomic E-state index is -0.895. The number of aromatic nitrogens is 4. The molecular weight excluding hydrogens is 228 g/mol. The summed E-state index contributed by atoms with van der Waals surface area (Å²) >= 11 is 0. The van der Waals surface area contributed by atoms with Gasteiger partial charge in [0.05, 0.1) is 0 Å². The van der Waals surface area contributed by atoms with Crippen molar-refractivity contribution in [3.63, 3.8) is 0 Å². The topological polar surface area (TPSA) is 160 Å². The number of nitroso groups, excluding NO2 is 1. The van der Waals surface area contributed by atoms with E-state index in [0.29, 0.717) is 0 Å². The maximum absolute atomic E-state index is 10.4. The van der Waals surface area contributed by atoms with Crippen LogP contribution in [0.3, 0.4) is 0 Å². The summed E-state index contributed by atoms with van der Waals surface area (Å²) in [6.45, 7) is 0. The molecule has 0 fully saturated rings. The summed E-state index contributed by atoms with van der Waals surface area (Å²) in [7, 11) is 0. The molecule has 0 aliphatic carbocycles. The van der Waals surface area contributed by atoms with E-state index in [2.05, 4.69) is 35.1 Å². The van der Waals surface area contributed by atoms with Crippen LogP contribution in [-0.4, -0.2) is 25.5 Å². The molecule has 0 unspecified atom stereocenters. The molecular formula is C4N6O6. The third-order valence-corrected chi connectivity index (χ3v) is 1.34. The van der Waals surface area contributed by atoms with Crippen LogP contribution in [0.5, 0.6) is 11.8 Å². The van der Waals surface area contributed by atoms with E-state index in [1.54, 1.807) is 0 Å². The maximum Gasteiger partial charge on any atom is 0.478 e. The van der Waals surface area contributed by atoms with Gasteiger partial charge in [0.1, 0.15) is 0 Å². The summed E-state index contributed by atoms with van der Waals surface area (Å²) in [5.41, 5.74) is 0. The summed E-state index contributed by atoms with van der Waals surface area (Å²) in [5.74, 6) is -2.36. The number of nitrogens with zero attached hydrogens (tertiary/aromatic N) is 6. The molecule has 82 valence electrons. The van der Waals surface area contributed by atoms with Crippen LogP contribution in [-0.2, 0) is 0 Å². The molecule has 2 heterocycles. The molecule has 0 saturated carbocycles. The number of rotatable bonds is 4. The first-order valence-electron chi connectivity index (χ1n) is 3.53. The Morgan fingerprint density at radius 3 is 2.56 bits per heavy atom. The minimum Gasteiger partial charge on any atom is -0.405 e. The largest absolute Gasteiger partial charge is 0.478 e. The van der Waals surface area contributed by atoms with Crippen LogP contribution < -0.4 is 4.74 Å². The van der Waals surface area contributed by atoms with Crippen LogP contribution in [0.4, 0.5) is 11.6 Å². The Kier molecular flexibility index (Phi) is 2.21. The molecule has 2 aromatic heterocycles. The zero-order valence-corrected chi connectivity index (χ0v) is 7.13. The van der Waals surface area contributed by atoms with Gasteiger partial charge in [-0.3, -0.25) is 0 Å². The van der Waals surface area contributed by atoms with E-state index in [1.165, 1.54) is 0 Å². The average Bonchev–Trinajstić information content (AvgIpc) is 2.86. The first kappa shape index (κ1) is 9.63. The molecule has 12 nitrogen and oxygen atoms in total. The molecule has 0 spiro atoms. The van der Waals surface area contributed by atoms with Crippen molar-refractivity contribution in [2.75, 3.05) is 0 Å². The monoisotopic (exact) mass is 228 g/mol. The lowest BCUT2D eigenvalue weighted by molar-refractivity contribution is -0.391. The summed E-state index contributed by atoms with van der Waals surface area (Å²) in [6, 6.07) is 0. The van der Waals surface area contributed by atoms with Crippen LogP contribution in [0.25, 0.3) is 0 Å². The second-order valence-electron chi connectivity index (χ2n) is 2.24. The van der Waals surface area contributed by atoms with Gasteiger partial charge in [0.15, 0.2) is 5.16 Å². The molecule has 0 saturated heterocycles. The van der Waals surface area contributed by atoms with Gasteiger partial charge in [-0.1, -0.05) is 0 Å². The molecule has 0 amide bonds. The van der Waals surface area contributed by atoms with Gasteiger partial charge in [-0.05, 0) is 20.4 Å². The summed E-state index contributed by atoms with van der Waals surface area (Å²) in [5, 5.41) is 25.0. The normalized spacial score (nSPS) is 10.0. The van der Waals surface area contributed by atoms with Gasteiger partial charge in [-0.2, -0.15) is 0 Å². The Hall–Kier alpha value is -2.92. The van der Waals surface area contributed by atoms with Crippen molar-refractivity contribution < 1.29 is 18.9 Å². The third kappa shape index (κ3) is 1.54. The molecule has 2 rings (SSSR count). The fraction of sp³-hybridized carbons (Fsp3) is 0. The Morgan fingerprint density at radius 2 is 1.88 bits per heavy atom. The van der Waals surface area contributed by atoms with E-state index in [9.17, 15) is 15.0 Å². The highest BCUT2D eigenvalue weighted by Crippen LogP contribution is 2.30. The first-order valence-corrected chi connectivity index (χ1v) is 3.53. The Bertz CT molecular complexity index is 531. The van der Waals surface area contributed by atoms with Gasteiger partial charge in [0.25, 0.3) is 0 Å². The SMILES string of the molecule is O=Nc1nonc1Oc1nonc1[N+](=O)[O-]. The quantitative estimate of drug-likeness (QED) is 0.410. The lowest BCUT2D eigenvalue weighted by Gasteiger charge is -1.92. The highest BCUT2D eigenvalue weighted by Gasteiger charge is 2.27. The second kappa shape index (κ2) is 3.68. The van der Waals surface area contributed by atoms with Crippen LogP contribution in [0.1, 0.15) is 0 Å². The second-order valence-corrected chi connectivity index (χ2v) is 2.24. The zero-order valence-electron chi connectivity index (χ0n) is 7.13. The fourth-order valence-corrected chi connectivity index (χ4v) is 0.739. The summed E-state index contributed by atoms with van der Waals surface area (Å²) in [6.07, 6.45) is 0. The maximum atomic E-state index is 10.4. The van der Waals surface area contributed by atoms with Crippen LogP contribution >= 0.6 is 0 Å². The van der Waals surface area contributed by atoms with Gasteiger partial charge in [0, 0.05) is 5.16 Å². The van der Waals surface area contributed by atoms with Crippen molar-refractivity contribution in [1.82, 2.24) is 20.6 Å². The van der Waals surface area contributed by atoms with Gasteiger partial charge >= 0.3 is 23.4 Å². The van der Waals surface area contributed by atoms with Crippen molar-refractivity contribution in [1.29, 1.82) is 0 Å². The first-order chi connectivity index (χ1) is 7.72. The number of ether oxygens (including phenoxy) is 1. The number of hydrogen-bond donors (Lipinski definition) is 0. The third-order valence-electron chi connectivity index (χ3n) is 1.34. The molecule has 0 atom stereocenters. The van der Waals surface area contributed by atoms with Gasteiger partial charge < -0.3 is 14.9 Å². The zero-order chi connectivity index (χ0) is 11.5. The summed E-state index contributed by atoms with van der Waals surface area (Å²) < 4.78 is 12.9. The van der Waals surface area contributed by atoms with Crippen molar-refractivity contribution in [2.24, 2.45) is 5.18 Å². The van der Waals surface area contributed by atoms with Crippen molar-refractivity contribution >= 4 is 11.6 Å². The molecule has 0 bridgehead atoms. The molecule has 0 radical (unpaired) electrons. The molecule has 0 aliphatic rings. The predicted octanol–water partition coefficient (Wildman–Crippen LogP) is 0.551. The Morgan fingerprint density at radius 1 is 1.19 bits per heavy atom. The van der Waals surface area contributed by atoms with Crippen molar-refractivity contribution in [3.8, 4) is 11.8 Å². The Labute approximate surface area is 84.2 Å². The van der Waals surface area contributed by atoms with Crippen LogP contribution in [0.2, 0.25) is 0 Å². The van der Waals surface area contributed by atoms with Crippen LogP contribution in [0, 0.1) is 15.0 Å². The van der Waals surface area contributed by atoms with Crippen molar-refractivity contribution in [3.05, 3.63) is 15.0 Å². The van der Waals surface area contributed by atoms with E-state index in [4.69, 9.17) is 4.74 Å². The van der Waals surface area contributed by atoms with Gasteiger partial charge in [-0.15, -0.1) is 9.54 Å². The highest BCUT2D eigenvalue weighted by molar-refractivity contribution is 5.41. The average molecular weight is 228 g/mol. The highest BCUT2D eigenvalue weighted by atomic mass is 16.7. The smallest absolute Gasteiger partial charge is 0.405 e. The number of hydrogen-bond acceptors (Lipinski definition) is 11. The minimum absolute atomic E-state index is 0.478. The molecule has 16 heavy (non-hydrogen) atoms. The lowest BCUT2D eigenvalue weighted by atomic mass is 10.7. The number of nitro groups is 1. The van der Waals surface area contributed by atoms with E-state index < -0.39 is 28.3 Å². The van der Waals surface area contributed by atoms with Crippen molar-refractivity contribution in [2.45, 2.75) is 0 Å². The predicted molar refractivity (Wildman–Crippen MR) is 40.8 cm³/mol. The molecule has 0 N–H and O–H groups in total. The Balaban J connectivity index is 2.30. The van der Waals surface area contributed by atoms with E-state index >= 15 is 0 Å². The van der Waals surface area contributed by atoms with Gasteiger partial charge in [0.2, 0.25) is 0 Å². The lowest BCUT2D eigenvalue weighted by Crippen LogP contribution is -1.92. The fourth-order valence-electron chi connectivity index (χ4n) is 0.739. The molecule has 2 aromatic rings.